The van der Waals surface area contributed by atoms with Gasteiger partial charge in [-0.1, -0.05) is 60.7 Å². The van der Waals surface area contributed by atoms with Gasteiger partial charge in [0.15, 0.2) is 0 Å². The second kappa shape index (κ2) is 5.37. The van der Waals surface area contributed by atoms with Crippen molar-refractivity contribution >= 4 is 29.0 Å². The molecule has 87 valence electrons. The molecule has 0 atom stereocenters. The summed E-state index contributed by atoms with van der Waals surface area (Å²) in [5, 5.41) is 1.13. The van der Waals surface area contributed by atoms with E-state index in [1.165, 1.54) is 0 Å². The Labute approximate surface area is 103 Å². The van der Waals surface area contributed by atoms with Gasteiger partial charge < -0.3 is 4.12 Å². The first-order valence-electron chi connectivity index (χ1n) is 5.29. The van der Waals surface area contributed by atoms with Crippen LogP contribution in [0.25, 0.3) is 0 Å². The molecule has 0 spiro atoms. The Hall–Kier alpha value is -1.28. The minimum absolute atomic E-state index is 0.566. The fourth-order valence-electron chi connectivity index (χ4n) is 1.73. The third-order valence-electron chi connectivity index (χ3n) is 2.57. The Morgan fingerprint density at radius 3 is 1.65 bits per heavy atom. The highest BCUT2D eigenvalue weighted by Crippen LogP contribution is 2.04. The summed E-state index contributed by atoms with van der Waals surface area (Å²) in [5.74, 6) is 0. The average molecular weight is 263 g/mol. The van der Waals surface area contributed by atoms with Gasteiger partial charge in [-0.15, -0.1) is 0 Å². The molecule has 0 saturated heterocycles. The summed E-state index contributed by atoms with van der Waals surface area (Å²) in [7, 11) is -5.79. The van der Waals surface area contributed by atoms with Crippen LogP contribution in [0.15, 0.2) is 60.7 Å². The molecule has 1 radical (unpaired) electrons. The Bertz CT molecular complexity index is 425. The van der Waals surface area contributed by atoms with Gasteiger partial charge in [0.2, 0.25) is 0 Å². The Morgan fingerprint density at radius 2 is 1.29 bits per heavy atom. The van der Waals surface area contributed by atoms with Crippen LogP contribution in [0, 0.1) is 0 Å². The molecular weight excluding hydrogens is 251 g/mol. The van der Waals surface area contributed by atoms with E-state index in [1.807, 2.05) is 12.1 Å². The van der Waals surface area contributed by atoms with Crippen molar-refractivity contribution in [2.24, 2.45) is 0 Å². The molecule has 0 unspecified atom stereocenters. The molecule has 0 aliphatic rings. The van der Waals surface area contributed by atoms with Crippen LogP contribution in [0.5, 0.6) is 0 Å². The average Bonchev–Trinajstić information content (AvgIpc) is 2.41. The van der Waals surface area contributed by atoms with E-state index in [0.717, 1.165) is 0 Å². The van der Waals surface area contributed by atoms with Gasteiger partial charge in [-0.2, -0.15) is 0 Å². The van der Waals surface area contributed by atoms with Crippen LogP contribution in [0.4, 0.5) is 4.11 Å². The van der Waals surface area contributed by atoms with E-state index in [2.05, 4.69) is 0 Å². The van der Waals surface area contributed by atoms with Gasteiger partial charge in [-0.05, 0) is 10.4 Å². The predicted molar refractivity (Wildman–Crippen MR) is 69.3 cm³/mol. The van der Waals surface area contributed by atoms with E-state index >= 15 is 0 Å². The van der Waals surface area contributed by atoms with Gasteiger partial charge in [0.1, 0.15) is 0 Å². The van der Waals surface area contributed by atoms with Crippen LogP contribution in [0.2, 0.25) is 0 Å². The highest BCUT2D eigenvalue weighted by Gasteiger charge is 2.40. The molecule has 2 aromatic rings. The van der Waals surface area contributed by atoms with Gasteiger partial charge in [0.25, 0.3) is 0 Å². The van der Waals surface area contributed by atoms with Crippen LogP contribution < -0.4 is 10.4 Å². The number of hydrogen-bond donors (Lipinski definition) is 0. The van der Waals surface area contributed by atoms with Crippen molar-refractivity contribution in [3.63, 3.8) is 0 Å². The number of rotatable bonds is 4. The zero-order valence-electron chi connectivity index (χ0n) is 9.18. The van der Waals surface area contributed by atoms with Crippen LogP contribution in [-0.2, 0) is 8.91 Å². The molecule has 0 aliphatic carbocycles. The monoisotopic (exact) mass is 263 g/mol. The fourth-order valence-corrected chi connectivity index (χ4v) is 5.27. The maximum absolute atomic E-state index is 12.8. The van der Waals surface area contributed by atoms with E-state index in [9.17, 15) is 8.90 Å². The van der Waals surface area contributed by atoms with Gasteiger partial charge in [-0.25, -0.2) is 4.80 Å². The molecule has 0 aromatic heterocycles. The number of benzene rings is 2. The van der Waals surface area contributed by atoms with E-state index < -0.39 is 18.7 Å². The third kappa shape index (κ3) is 2.53. The summed E-state index contributed by atoms with van der Waals surface area (Å²) in [6.07, 6.45) is 0. The third-order valence-corrected chi connectivity index (χ3v) is 6.81. The molecule has 0 bridgehead atoms. The summed E-state index contributed by atoms with van der Waals surface area (Å²) in [6, 6.07) is 17.6. The van der Waals surface area contributed by atoms with Crippen molar-refractivity contribution in [1.82, 2.24) is 0 Å². The second-order valence-corrected chi connectivity index (χ2v) is 7.36. The lowest BCUT2D eigenvalue weighted by molar-refractivity contribution is 0.335. The minimum Gasteiger partial charge on any atom is -0.408 e. The van der Waals surface area contributed by atoms with E-state index in [0.29, 0.717) is 10.4 Å². The summed E-state index contributed by atoms with van der Waals surface area (Å²) >= 11 is 0. The summed E-state index contributed by atoms with van der Waals surface area (Å²) in [6.45, 7) is 0. The molecule has 2 rings (SSSR count). The van der Waals surface area contributed by atoms with Crippen molar-refractivity contribution in [2.75, 3.05) is 0 Å². The van der Waals surface area contributed by atoms with Crippen molar-refractivity contribution in [3.8, 4) is 0 Å². The maximum Gasteiger partial charge on any atom is 0.429 e. The first-order chi connectivity index (χ1) is 8.27. The molecular formula is C12H12FO2Si2. The van der Waals surface area contributed by atoms with E-state index in [4.69, 9.17) is 4.12 Å². The van der Waals surface area contributed by atoms with Gasteiger partial charge in [0, 0.05) is 0 Å². The minimum atomic E-state index is -3.56. The largest absolute Gasteiger partial charge is 0.429 e. The lowest BCUT2D eigenvalue weighted by atomic mass is 10.4. The van der Waals surface area contributed by atoms with E-state index in [-0.39, 0.29) is 0 Å². The molecule has 0 aliphatic heterocycles. The first kappa shape index (κ1) is 12.2. The van der Waals surface area contributed by atoms with Gasteiger partial charge >= 0.3 is 18.7 Å². The van der Waals surface area contributed by atoms with Gasteiger partial charge in [0.05, 0.1) is 0 Å². The van der Waals surface area contributed by atoms with Crippen LogP contribution in [0.3, 0.4) is 0 Å². The SMILES string of the molecule is [O][Si](O[SiH2]F)(c1ccccc1)c1ccccc1. The Kier molecular flexibility index (Phi) is 3.85. The molecule has 0 saturated carbocycles. The Balaban J connectivity index is 2.47. The second-order valence-electron chi connectivity index (χ2n) is 3.60. The van der Waals surface area contributed by atoms with Crippen molar-refractivity contribution in [3.05, 3.63) is 60.7 Å². The van der Waals surface area contributed by atoms with E-state index in [1.54, 1.807) is 48.5 Å². The lowest BCUT2D eigenvalue weighted by Gasteiger charge is -2.22. The molecule has 0 amide bonds. The zero-order chi connectivity index (χ0) is 12.1. The molecule has 0 N–H and O–H groups in total. The summed E-state index contributed by atoms with van der Waals surface area (Å²) in [5.41, 5.74) is 0. The topological polar surface area (TPSA) is 29.1 Å². The standard InChI is InChI=1S/C12H12FO2Si2/c13-16-15-17(14,11-7-3-1-4-8-11)12-9-5-2-6-10-12/h1-10H,16H2. The van der Waals surface area contributed by atoms with Crippen LogP contribution >= 0.6 is 0 Å². The predicted octanol–water partition coefficient (Wildman–Crippen LogP) is 0.658. The number of halogens is 1. The van der Waals surface area contributed by atoms with Crippen LogP contribution in [0.1, 0.15) is 0 Å². The Morgan fingerprint density at radius 1 is 0.882 bits per heavy atom. The fraction of sp³-hybridized carbons (Fsp3) is 0. The summed E-state index contributed by atoms with van der Waals surface area (Å²) < 4.78 is 17.7. The van der Waals surface area contributed by atoms with Crippen molar-refractivity contribution in [1.29, 1.82) is 0 Å². The van der Waals surface area contributed by atoms with Gasteiger partial charge in [-0.3, -0.25) is 4.11 Å². The molecule has 2 aromatic carbocycles. The lowest BCUT2D eigenvalue weighted by Crippen LogP contribution is -2.60. The number of hydrogen-bond acceptors (Lipinski definition) is 1. The normalized spacial score (nSPS) is 12.1. The summed E-state index contributed by atoms with van der Waals surface area (Å²) in [4.78, 5) is 12.8. The highest BCUT2D eigenvalue weighted by atomic mass is 28.4. The van der Waals surface area contributed by atoms with Crippen LogP contribution in [-0.4, -0.2) is 18.7 Å². The zero-order valence-corrected chi connectivity index (χ0v) is 11.6. The van der Waals surface area contributed by atoms with Crippen molar-refractivity contribution in [2.45, 2.75) is 0 Å². The first-order valence-corrected chi connectivity index (χ1v) is 8.21. The molecule has 0 heterocycles. The molecule has 17 heavy (non-hydrogen) atoms. The molecule has 0 fully saturated rings. The van der Waals surface area contributed by atoms with Crippen molar-refractivity contribution < 1.29 is 13.0 Å². The highest BCUT2D eigenvalue weighted by molar-refractivity contribution is 6.93. The smallest absolute Gasteiger partial charge is 0.408 e. The quantitative estimate of drug-likeness (QED) is 0.588. The molecule has 2 nitrogen and oxygen atoms in total. The maximum atomic E-state index is 12.8. The molecule has 5 heteroatoms.